The molecule has 0 aromatic rings. The molecule has 0 radical (unpaired) electrons. The Morgan fingerprint density at radius 2 is 1.79 bits per heavy atom. The molecule has 2 rings (SSSR count). The van der Waals surface area contributed by atoms with Gasteiger partial charge in [-0.05, 0) is 39.3 Å². The maximum Gasteiger partial charge on any atom is 0.0802 e. The summed E-state index contributed by atoms with van der Waals surface area (Å²) in [5.74, 6) is 0. The topological polar surface area (TPSA) is 23.5 Å². The van der Waals surface area contributed by atoms with Crippen molar-refractivity contribution in [3.05, 3.63) is 0 Å². The van der Waals surface area contributed by atoms with E-state index in [1.807, 2.05) is 0 Å². The largest absolute Gasteiger partial charge is 0.388 e. The minimum Gasteiger partial charge on any atom is -0.388 e. The number of hydrogen-bond acceptors (Lipinski definition) is 2. The van der Waals surface area contributed by atoms with Gasteiger partial charge in [-0.15, -0.1) is 0 Å². The summed E-state index contributed by atoms with van der Waals surface area (Å²) in [6.07, 6.45) is 9.64. The van der Waals surface area contributed by atoms with Crippen molar-refractivity contribution in [1.82, 2.24) is 4.90 Å². The van der Waals surface area contributed by atoms with Crippen LogP contribution in [0.15, 0.2) is 0 Å². The van der Waals surface area contributed by atoms with Crippen LogP contribution in [0.2, 0.25) is 0 Å². The van der Waals surface area contributed by atoms with Gasteiger partial charge in [0.15, 0.2) is 0 Å². The Bertz CT molecular complexity index is 187. The van der Waals surface area contributed by atoms with E-state index in [4.69, 9.17) is 0 Å². The molecular weight excluding hydrogens is 174 g/mol. The molecule has 0 bridgehead atoms. The summed E-state index contributed by atoms with van der Waals surface area (Å²) in [5, 5.41) is 10.6. The molecule has 1 heterocycles. The lowest BCUT2D eigenvalue weighted by molar-refractivity contribution is -0.0774. The van der Waals surface area contributed by atoms with Gasteiger partial charge in [0.1, 0.15) is 0 Å². The Morgan fingerprint density at radius 1 is 1.07 bits per heavy atom. The van der Waals surface area contributed by atoms with E-state index in [0.29, 0.717) is 6.04 Å². The highest BCUT2D eigenvalue weighted by atomic mass is 16.3. The van der Waals surface area contributed by atoms with Gasteiger partial charge in [-0.3, -0.25) is 0 Å². The zero-order chi connectivity index (χ0) is 10.0. The fraction of sp³-hybridized carbons (Fsp3) is 1.00. The standard InChI is InChI=1S/C12H23NO/c1-13-10-6-3-7-11(13)12(14)8-4-2-5-9-12/h11,14H,2-10H2,1H3/t11-/m1/s1. The first-order valence-corrected chi connectivity index (χ1v) is 6.15. The van der Waals surface area contributed by atoms with Crippen LogP contribution in [0.1, 0.15) is 51.4 Å². The van der Waals surface area contributed by atoms with E-state index in [1.54, 1.807) is 0 Å². The molecule has 1 saturated carbocycles. The first kappa shape index (κ1) is 10.4. The van der Waals surface area contributed by atoms with E-state index < -0.39 is 0 Å². The van der Waals surface area contributed by atoms with Crippen molar-refractivity contribution < 1.29 is 5.11 Å². The molecule has 0 unspecified atom stereocenters. The zero-order valence-electron chi connectivity index (χ0n) is 9.34. The smallest absolute Gasteiger partial charge is 0.0802 e. The minimum atomic E-state index is -0.354. The van der Waals surface area contributed by atoms with Gasteiger partial charge in [0.25, 0.3) is 0 Å². The number of rotatable bonds is 1. The lowest BCUT2D eigenvalue weighted by Gasteiger charge is -2.46. The molecular formula is C12H23NO. The van der Waals surface area contributed by atoms with E-state index in [9.17, 15) is 5.11 Å². The van der Waals surface area contributed by atoms with Crippen LogP contribution in [-0.2, 0) is 0 Å². The number of likely N-dealkylation sites (tertiary alicyclic amines) is 1. The number of aliphatic hydroxyl groups is 1. The molecule has 0 amide bonds. The van der Waals surface area contributed by atoms with Crippen molar-refractivity contribution in [3.8, 4) is 0 Å². The fourth-order valence-corrected chi connectivity index (χ4v) is 3.25. The van der Waals surface area contributed by atoms with Crippen LogP contribution in [0.5, 0.6) is 0 Å². The molecule has 2 nitrogen and oxygen atoms in total. The Kier molecular flexibility index (Phi) is 3.13. The summed E-state index contributed by atoms with van der Waals surface area (Å²) in [4.78, 5) is 2.38. The third-order valence-corrected chi connectivity index (χ3v) is 4.11. The quantitative estimate of drug-likeness (QED) is 0.696. The Hall–Kier alpha value is -0.0800. The van der Waals surface area contributed by atoms with Crippen LogP contribution in [0, 0.1) is 0 Å². The summed E-state index contributed by atoms with van der Waals surface area (Å²) in [6.45, 7) is 1.17. The highest BCUT2D eigenvalue weighted by Crippen LogP contribution is 2.36. The van der Waals surface area contributed by atoms with Gasteiger partial charge in [-0.2, -0.15) is 0 Å². The molecule has 14 heavy (non-hydrogen) atoms. The number of piperidine rings is 1. The second-order valence-electron chi connectivity index (χ2n) is 5.16. The van der Waals surface area contributed by atoms with E-state index in [0.717, 1.165) is 12.8 Å². The fourth-order valence-electron chi connectivity index (χ4n) is 3.25. The van der Waals surface area contributed by atoms with Crippen molar-refractivity contribution in [2.24, 2.45) is 0 Å². The Morgan fingerprint density at radius 3 is 2.43 bits per heavy atom. The van der Waals surface area contributed by atoms with Crippen molar-refractivity contribution in [2.75, 3.05) is 13.6 Å². The van der Waals surface area contributed by atoms with Crippen LogP contribution in [0.25, 0.3) is 0 Å². The second kappa shape index (κ2) is 4.19. The summed E-state index contributed by atoms with van der Waals surface area (Å²) in [5.41, 5.74) is -0.354. The molecule has 2 heteroatoms. The van der Waals surface area contributed by atoms with Crippen LogP contribution in [-0.4, -0.2) is 35.2 Å². The summed E-state index contributed by atoms with van der Waals surface area (Å²) >= 11 is 0. The van der Waals surface area contributed by atoms with Crippen molar-refractivity contribution in [2.45, 2.75) is 63.0 Å². The van der Waals surface area contributed by atoms with E-state index in [-0.39, 0.29) is 5.60 Å². The molecule has 0 spiro atoms. The molecule has 0 aromatic heterocycles. The van der Waals surface area contributed by atoms with Gasteiger partial charge in [-0.1, -0.05) is 25.7 Å². The molecule has 1 aliphatic carbocycles. The zero-order valence-corrected chi connectivity index (χ0v) is 9.34. The lowest BCUT2D eigenvalue weighted by atomic mass is 9.76. The predicted octanol–water partition coefficient (Wildman–Crippen LogP) is 2.17. The highest BCUT2D eigenvalue weighted by Gasteiger charge is 2.40. The van der Waals surface area contributed by atoms with Crippen molar-refractivity contribution >= 4 is 0 Å². The monoisotopic (exact) mass is 197 g/mol. The van der Waals surface area contributed by atoms with Gasteiger partial charge in [0.05, 0.1) is 5.60 Å². The van der Waals surface area contributed by atoms with E-state index >= 15 is 0 Å². The molecule has 0 aromatic carbocycles. The Balaban J connectivity index is 2.02. The van der Waals surface area contributed by atoms with Crippen molar-refractivity contribution in [3.63, 3.8) is 0 Å². The van der Waals surface area contributed by atoms with Crippen LogP contribution in [0.3, 0.4) is 0 Å². The normalized spacial score (nSPS) is 34.3. The van der Waals surface area contributed by atoms with Gasteiger partial charge < -0.3 is 10.0 Å². The second-order valence-corrected chi connectivity index (χ2v) is 5.16. The van der Waals surface area contributed by atoms with Crippen LogP contribution in [0.4, 0.5) is 0 Å². The van der Waals surface area contributed by atoms with Crippen LogP contribution >= 0.6 is 0 Å². The van der Waals surface area contributed by atoms with Gasteiger partial charge in [0.2, 0.25) is 0 Å². The third-order valence-electron chi connectivity index (χ3n) is 4.11. The maximum atomic E-state index is 10.6. The number of nitrogens with zero attached hydrogens (tertiary/aromatic N) is 1. The van der Waals surface area contributed by atoms with Crippen molar-refractivity contribution in [1.29, 1.82) is 0 Å². The molecule has 1 saturated heterocycles. The number of hydrogen-bond donors (Lipinski definition) is 1. The molecule has 1 N–H and O–H groups in total. The molecule has 2 aliphatic rings. The highest BCUT2D eigenvalue weighted by molar-refractivity contribution is 4.95. The minimum absolute atomic E-state index is 0.354. The first-order valence-electron chi connectivity index (χ1n) is 6.15. The van der Waals surface area contributed by atoms with E-state index in [1.165, 1.54) is 45.1 Å². The summed E-state index contributed by atoms with van der Waals surface area (Å²) in [6, 6.07) is 0.441. The third kappa shape index (κ3) is 1.96. The molecule has 1 atom stereocenters. The average molecular weight is 197 g/mol. The average Bonchev–Trinajstić information content (AvgIpc) is 2.19. The van der Waals surface area contributed by atoms with Gasteiger partial charge in [-0.25, -0.2) is 0 Å². The van der Waals surface area contributed by atoms with Gasteiger partial charge >= 0.3 is 0 Å². The lowest BCUT2D eigenvalue weighted by Crippen LogP contribution is -2.54. The van der Waals surface area contributed by atoms with E-state index in [2.05, 4.69) is 11.9 Å². The summed E-state index contributed by atoms with van der Waals surface area (Å²) in [7, 11) is 2.18. The first-order chi connectivity index (χ1) is 6.72. The predicted molar refractivity (Wildman–Crippen MR) is 58.3 cm³/mol. The molecule has 2 fully saturated rings. The Labute approximate surface area is 87.3 Å². The summed E-state index contributed by atoms with van der Waals surface area (Å²) < 4.78 is 0. The molecule has 82 valence electrons. The maximum absolute atomic E-state index is 10.6. The number of likely N-dealkylation sites (N-methyl/N-ethyl adjacent to an activating group) is 1. The SMILES string of the molecule is CN1CCCC[C@@H]1C1(O)CCCCC1. The van der Waals surface area contributed by atoms with Gasteiger partial charge in [0, 0.05) is 6.04 Å². The van der Waals surface area contributed by atoms with Crippen LogP contribution < -0.4 is 0 Å². The molecule has 1 aliphatic heterocycles.